The van der Waals surface area contributed by atoms with Gasteiger partial charge in [0.25, 0.3) is 5.56 Å². The van der Waals surface area contributed by atoms with Crippen LogP contribution in [0.5, 0.6) is 0 Å². The number of aromatic nitrogens is 3. The Kier molecular flexibility index (Phi) is 5.76. The largest absolute Gasteiger partial charge is 0.341 e. The minimum atomic E-state index is -0.118. The minimum absolute atomic E-state index is 0.118. The summed E-state index contributed by atoms with van der Waals surface area (Å²) < 4.78 is 3.23. The number of amides is 1. The molecule has 29 heavy (non-hydrogen) atoms. The van der Waals surface area contributed by atoms with Crippen molar-refractivity contribution in [3.8, 4) is 11.3 Å². The van der Waals surface area contributed by atoms with Gasteiger partial charge in [-0.05, 0) is 17.5 Å². The number of aryl methyl sites for hydroxylation is 1. The van der Waals surface area contributed by atoms with Crippen molar-refractivity contribution < 1.29 is 4.79 Å². The van der Waals surface area contributed by atoms with Crippen LogP contribution in [0.4, 0.5) is 0 Å². The molecule has 0 saturated carbocycles. The molecule has 0 spiro atoms. The standard InChI is InChI=1S/C22H26N4O2S/c1-16(2)17-3-5-18(6-4-17)19-15-20-22(28)25(9-10-26(20)23-19)8-7-21(27)24-11-13-29-14-12-24/h3-6,9-10,15-16H,7-8,11-14H2,1-2H3. The monoisotopic (exact) mass is 410 g/mol. The van der Waals surface area contributed by atoms with Gasteiger partial charge >= 0.3 is 0 Å². The summed E-state index contributed by atoms with van der Waals surface area (Å²) in [7, 11) is 0. The van der Waals surface area contributed by atoms with Crippen molar-refractivity contribution in [3.63, 3.8) is 0 Å². The Hall–Kier alpha value is -2.54. The molecule has 6 nitrogen and oxygen atoms in total. The lowest BCUT2D eigenvalue weighted by atomic mass is 10.0. The van der Waals surface area contributed by atoms with E-state index in [0.29, 0.717) is 24.4 Å². The van der Waals surface area contributed by atoms with Gasteiger partial charge < -0.3 is 9.47 Å². The number of fused-ring (bicyclic) bond motifs is 1. The topological polar surface area (TPSA) is 59.6 Å². The van der Waals surface area contributed by atoms with E-state index in [9.17, 15) is 9.59 Å². The Morgan fingerprint density at radius 3 is 2.55 bits per heavy atom. The van der Waals surface area contributed by atoms with Gasteiger partial charge in [-0.1, -0.05) is 38.1 Å². The summed E-state index contributed by atoms with van der Waals surface area (Å²) in [6, 6.07) is 10.1. The molecule has 1 aliphatic heterocycles. The van der Waals surface area contributed by atoms with Gasteiger partial charge in [-0.25, -0.2) is 4.52 Å². The van der Waals surface area contributed by atoms with Gasteiger partial charge in [0.15, 0.2) is 0 Å². The van der Waals surface area contributed by atoms with Crippen molar-refractivity contribution in [3.05, 3.63) is 58.6 Å². The number of rotatable bonds is 5. The van der Waals surface area contributed by atoms with E-state index in [1.54, 1.807) is 21.5 Å². The van der Waals surface area contributed by atoms with E-state index in [1.807, 2.05) is 34.9 Å². The Balaban J connectivity index is 1.53. The fraction of sp³-hybridized carbons (Fsp3) is 0.409. The zero-order valence-corrected chi connectivity index (χ0v) is 17.7. The average Bonchev–Trinajstić information content (AvgIpc) is 3.19. The van der Waals surface area contributed by atoms with E-state index in [1.165, 1.54) is 5.56 Å². The number of nitrogens with zero attached hydrogens (tertiary/aromatic N) is 4. The first-order valence-electron chi connectivity index (χ1n) is 10.1. The molecule has 1 amide bonds. The van der Waals surface area contributed by atoms with E-state index >= 15 is 0 Å². The van der Waals surface area contributed by atoms with Gasteiger partial charge in [0.1, 0.15) is 5.52 Å². The van der Waals surface area contributed by atoms with Gasteiger partial charge in [0.05, 0.1) is 5.69 Å². The average molecular weight is 411 g/mol. The first kappa shape index (κ1) is 19.8. The van der Waals surface area contributed by atoms with Crippen LogP contribution in [0, 0.1) is 0 Å². The molecule has 0 aliphatic carbocycles. The molecule has 0 bridgehead atoms. The number of thioether (sulfide) groups is 1. The Morgan fingerprint density at radius 1 is 1.14 bits per heavy atom. The van der Waals surface area contributed by atoms with E-state index in [0.717, 1.165) is 35.9 Å². The Labute approximate surface area is 174 Å². The van der Waals surface area contributed by atoms with E-state index < -0.39 is 0 Å². The predicted molar refractivity (Wildman–Crippen MR) is 117 cm³/mol. The first-order chi connectivity index (χ1) is 14.0. The molecule has 2 aromatic heterocycles. The van der Waals surface area contributed by atoms with Crippen LogP contribution in [-0.4, -0.2) is 49.6 Å². The maximum absolute atomic E-state index is 12.9. The molecule has 3 aromatic rings. The molecular formula is C22H26N4O2S. The van der Waals surface area contributed by atoms with Crippen LogP contribution in [-0.2, 0) is 11.3 Å². The first-order valence-corrected chi connectivity index (χ1v) is 11.2. The maximum Gasteiger partial charge on any atom is 0.276 e. The maximum atomic E-state index is 12.9. The van der Waals surface area contributed by atoms with E-state index in [2.05, 4.69) is 31.1 Å². The van der Waals surface area contributed by atoms with Crippen molar-refractivity contribution in [1.82, 2.24) is 19.1 Å². The highest BCUT2D eigenvalue weighted by molar-refractivity contribution is 7.99. The molecule has 1 saturated heterocycles. The van der Waals surface area contributed by atoms with Crippen molar-refractivity contribution >= 4 is 23.2 Å². The highest BCUT2D eigenvalue weighted by atomic mass is 32.2. The predicted octanol–water partition coefficient (Wildman–Crippen LogP) is 3.25. The summed E-state index contributed by atoms with van der Waals surface area (Å²) >= 11 is 1.88. The van der Waals surface area contributed by atoms with Crippen LogP contribution >= 0.6 is 11.8 Å². The van der Waals surface area contributed by atoms with Gasteiger partial charge in [-0.2, -0.15) is 16.9 Å². The normalized spacial score (nSPS) is 14.7. The summed E-state index contributed by atoms with van der Waals surface area (Å²) in [5.41, 5.74) is 3.44. The summed E-state index contributed by atoms with van der Waals surface area (Å²) in [6.07, 6.45) is 3.84. The summed E-state index contributed by atoms with van der Waals surface area (Å²) in [5.74, 6) is 2.59. The lowest BCUT2D eigenvalue weighted by molar-refractivity contribution is -0.131. The third kappa shape index (κ3) is 4.24. The van der Waals surface area contributed by atoms with Crippen LogP contribution in [0.2, 0.25) is 0 Å². The second-order valence-corrected chi connectivity index (χ2v) is 8.90. The number of carbonyl (C=O) groups excluding carboxylic acids is 1. The quantitative estimate of drug-likeness (QED) is 0.648. The molecule has 0 radical (unpaired) electrons. The second-order valence-electron chi connectivity index (χ2n) is 7.68. The van der Waals surface area contributed by atoms with Crippen LogP contribution in [0.25, 0.3) is 16.8 Å². The van der Waals surface area contributed by atoms with E-state index in [-0.39, 0.29) is 11.5 Å². The van der Waals surface area contributed by atoms with Crippen molar-refractivity contribution in [1.29, 1.82) is 0 Å². The van der Waals surface area contributed by atoms with Gasteiger partial charge in [0.2, 0.25) is 5.91 Å². The van der Waals surface area contributed by atoms with Crippen LogP contribution in [0.15, 0.2) is 47.5 Å². The number of benzene rings is 1. The van der Waals surface area contributed by atoms with Gasteiger partial charge in [0, 0.05) is 55.5 Å². The number of carbonyl (C=O) groups is 1. The lowest BCUT2D eigenvalue weighted by Gasteiger charge is -2.26. The fourth-order valence-corrected chi connectivity index (χ4v) is 4.47. The molecule has 4 rings (SSSR count). The Morgan fingerprint density at radius 2 is 1.86 bits per heavy atom. The third-order valence-corrected chi connectivity index (χ3v) is 6.35. The smallest absolute Gasteiger partial charge is 0.276 e. The van der Waals surface area contributed by atoms with Crippen LogP contribution in [0.1, 0.15) is 31.7 Å². The highest BCUT2D eigenvalue weighted by Crippen LogP contribution is 2.22. The summed E-state index contributed by atoms with van der Waals surface area (Å²) in [6.45, 7) is 6.33. The van der Waals surface area contributed by atoms with Gasteiger partial charge in [-0.15, -0.1) is 0 Å². The summed E-state index contributed by atoms with van der Waals surface area (Å²) in [5, 5.41) is 4.55. The number of hydrogen-bond donors (Lipinski definition) is 0. The second kappa shape index (κ2) is 8.45. The van der Waals surface area contributed by atoms with Crippen LogP contribution < -0.4 is 5.56 Å². The SMILES string of the molecule is CC(C)c1ccc(-c2cc3c(=O)n(CCC(=O)N4CCSCC4)ccn3n2)cc1. The van der Waals surface area contributed by atoms with Gasteiger partial charge in [-0.3, -0.25) is 9.59 Å². The zero-order chi connectivity index (χ0) is 20.4. The van der Waals surface area contributed by atoms with E-state index in [4.69, 9.17) is 0 Å². The minimum Gasteiger partial charge on any atom is -0.341 e. The molecule has 1 aliphatic rings. The molecule has 152 valence electrons. The Bertz CT molecular complexity index is 1060. The van der Waals surface area contributed by atoms with Crippen molar-refractivity contribution in [2.24, 2.45) is 0 Å². The molecule has 1 aromatic carbocycles. The number of hydrogen-bond acceptors (Lipinski definition) is 4. The molecular weight excluding hydrogens is 384 g/mol. The molecule has 0 N–H and O–H groups in total. The van der Waals surface area contributed by atoms with Crippen LogP contribution in [0.3, 0.4) is 0 Å². The summed E-state index contributed by atoms with van der Waals surface area (Å²) in [4.78, 5) is 27.2. The molecule has 7 heteroatoms. The molecule has 0 unspecified atom stereocenters. The highest BCUT2D eigenvalue weighted by Gasteiger charge is 2.17. The lowest BCUT2D eigenvalue weighted by Crippen LogP contribution is -2.38. The molecule has 0 atom stereocenters. The third-order valence-electron chi connectivity index (χ3n) is 5.41. The fourth-order valence-electron chi connectivity index (χ4n) is 3.57. The van der Waals surface area contributed by atoms with Crippen molar-refractivity contribution in [2.45, 2.75) is 32.7 Å². The molecule has 3 heterocycles. The zero-order valence-electron chi connectivity index (χ0n) is 16.9. The van der Waals surface area contributed by atoms with Crippen molar-refractivity contribution in [2.75, 3.05) is 24.6 Å². The molecule has 1 fully saturated rings.